The number of hydrogen-bond acceptors (Lipinski definition) is 1. The van der Waals surface area contributed by atoms with E-state index in [1.807, 2.05) is 4.98 Å². The molecule has 0 aliphatic heterocycles. The molecule has 80 valence electrons. The number of H-pyrrole nitrogens is 1. The molecule has 0 fully saturated rings. The van der Waals surface area contributed by atoms with Crippen molar-refractivity contribution in [3.05, 3.63) is 28.2 Å². The van der Waals surface area contributed by atoms with Gasteiger partial charge in [0.25, 0.3) is 0 Å². The number of rotatable bonds is 0. The van der Waals surface area contributed by atoms with Crippen LogP contribution in [0.15, 0.2) is 16.6 Å². The Kier molecular flexibility index (Phi) is 2.22. The Hall–Kier alpha value is -1.11. The topological polar surface area (TPSA) is 28.7 Å². The first-order chi connectivity index (χ1) is 6.88. The van der Waals surface area contributed by atoms with Crippen molar-refractivity contribution in [2.75, 3.05) is 0 Å². The van der Waals surface area contributed by atoms with Crippen molar-refractivity contribution < 1.29 is 17.6 Å². The first-order valence-electron chi connectivity index (χ1n) is 3.80. The van der Waals surface area contributed by atoms with E-state index < -0.39 is 17.8 Å². The van der Waals surface area contributed by atoms with Crippen molar-refractivity contribution >= 4 is 27.0 Å². The molecule has 2 rings (SSSR count). The number of hydrogen-bond donors (Lipinski definition) is 1. The third kappa shape index (κ3) is 1.83. The quantitative estimate of drug-likeness (QED) is 0.737. The van der Waals surface area contributed by atoms with E-state index in [0.717, 1.165) is 6.07 Å². The number of aromatic amines is 1. The fourth-order valence-corrected chi connectivity index (χ4v) is 1.47. The maximum Gasteiger partial charge on any atom is 0.449 e. The zero-order valence-corrected chi connectivity index (χ0v) is 8.58. The maximum absolute atomic E-state index is 13.0. The van der Waals surface area contributed by atoms with Crippen LogP contribution in [-0.2, 0) is 6.18 Å². The second-order valence-corrected chi connectivity index (χ2v) is 3.72. The van der Waals surface area contributed by atoms with E-state index in [9.17, 15) is 17.6 Å². The Morgan fingerprint density at radius 1 is 1.27 bits per heavy atom. The SMILES string of the molecule is Fc1cc2[nH]c(C(F)(F)F)nc2cc1Br. The van der Waals surface area contributed by atoms with Crippen LogP contribution < -0.4 is 0 Å². The summed E-state index contributed by atoms with van der Waals surface area (Å²) in [5, 5.41) is 0. The van der Waals surface area contributed by atoms with E-state index in [2.05, 4.69) is 20.9 Å². The molecule has 0 amide bonds. The molecule has 0 saturated heterocycles. The van der Waals surface area contributed by atoms with Gasteiger partial charge < -0.3 is 4.98 Å². The van der Waals surface area contributed by atoms with Crippen LogP contribution >= 0.6 is 15.9 Å². The van der Waals surface area contributed by atoms with Crippen LogP contribution in [0.4, 0.5) is 17.6 Å². The van der Waals surface area contributed by atoms with Gasteiger partial charge in [-0.2, -0.15) is 13.2 Å². The van der Waals surface area contributed by atoms with Crippen LogP contribution in [0.1, 0.15) is 5.82 Å². The Morgan fingerprint density at radius 3 is 2.53 bits per heavy atom. The highest BCUT2D eigenvalue weighted by Gasteiger charge is 2.34. The van der Waals surface area contributed by atoms with Crippen LogP contribution in [0.5, 0.6) is 0 Å². The molecule has 0 aliphatic carbocycles. The molecule has 0 bridgehead atoms. The zero-order chi connectivity index (χ0) is 11.2. The molecule has 0 aliphatic rings. The highest BCUT2D eigenvalue weighted by molar-refractivity contribution is 9.10. The van der Waals surface area contributed by atoms with Gasteiger partial charge in [-0.1, -0.05) is 0 Å². The largest absolute Gasteiger partial charge is 0.449 e. The van der Waals surface area contributed by atoms with Crippen molar-refractivity contribution in [3.63, 3.8) is 0 Å². The van der Waals surface area contributed by atoms with Crippen molar-refractivity contribution in [1.29, 1.82) is 0 Å². The van der Waals surface area contributed by atoms with Gasteiger partial charge >= 0.3 is 6.18 Å². The lowest BCUT2D eigenvalue weighted by Crippen LogP contribution is -2.06. The molecule has 0 spiro atoms. The third-order valence-corrected chi connectivity index (χ3v) is 2.40. The monoisotopic (exact) mass is 282 g/mol. The average molecular weight is 283 g/mol. The fourth-order valence-electron chi connectivity index (χ4n) is 1.14. The first-order valence-corrected chi connectivity index (χ1v) is 4.59. The van der Waals surface area contributed by atoms with Gasteiger partial charge in [-0.25, -0.2) is 9.37 Å². The summed E-state index contributed by atoms with van der Waals surface area (Å²) in [7, 11) is 0. The zero-order valence-electron chi connectivity index (χ0n) is 6.99. The molecule has 1 heterocycles. The van der Waals surface area contributed by atoms with E-state index in [1.54, 1.807) is 0 Å². The van der Waals surface area contributed by atoms with Gasteiger partial charge in [0.2, 0.25) is 5.82 Å². The molecule has 1 aromatic heterocycles. The van der Waals surface area contributed by atoms with Crippen LogP contribution in [-0.4, -0.2) is 9.97 Å². The summed E-state index contributed by atoms with van der Waals surface area (Å²) in [6.45, 7) is 0. The third-order valence-electron chi connectivity index (χ3n) is 1.79. The molecule has 7 heteroatoms. The van der Waals surface area contributed by atoms with Gasteiger partial charge in [-0.3, -0.25) is 0 Å². The lowest BCUT2D eigenvalue weighted by Gasteiger charge is -1.98. The Labute approximate surface area is 89.4 Å². The Balaban J connectivity index is 2.66. The summed E-state index contributed by atoms with van der Waals surface area (Å²) in [5.74, 6) is -1.77. The highest BCUT2D eigenvalue weighted by Crippen LogP contribution is 2.30. The molecule has 0 radical (unpaired) electrons. The molecule has 1 N–H and O–H groups in total. The predicted octanol–water partition coefficient (Wildman–Crippen LogP) is 3.48. The molecule has 2 nitrogen and oxygen atoms in total. The first kappa shape index (κ1) is 10.4. The molecule has 1 aromatic carbocycles. The Bertz CT molecular complexity index is 478. The van der Waals surface area contributed by atoms with Crippen LogP contribution in [0, 0.1) is 5.82 Å². The minimum absolute atomic E-state index is 0.0167. The highest BCUT2D eigenvalue weighted by atomic mass is 79.9. The molecule has 2 aromatic rings. The lowest BCUT2D eigenvalue weighted by atomic mass is 10.3. The smallest absolute Gasteiger partial charge is 0.334 e. The van der Waals surface area contributed by atoms with Gasteiger partial charge in [-0.15, -0.1) is 0 Å². The number of nitrogens with zero attached hydrogens (tertiary/aromatic N) is 1. The summed E-state index contributed by atoms with van der Waals surface area (Å²) in [4.78, 5) is 5.32. The maximum atomic E-state index is 13.0. The number of imidazole rings is 1. The van der Waals surface area contributed by atoms with E-state index in [-0.39, 0.29) is 15.5 Å². The number of fused-ring (bicyclic) bond motifs is 1. The molecular weight excluding hydrogens is 280 g/mol. The van der Waals surface area contributed by atoms with Gasteiger partial charge in [0.1, 0.15) is 5.82 Å². The van der Waals surface area contributed by atoms with E-state index in [1.165, 1.54) is 6.07 Å². The average Bonchev–Trinajstić information content (AvgIpc) is 2.47. The molecule has 0 saturated carbocycles. The summed E-state index contributed by atoms with van der Waals surface area (Å²) in [6, 6.07) is 2.15. The van der Waals surface area contributed by atoms with Crippen molar-refractivity contribution in [2.24, 2.45) is 0 Å². The summed E-state index contributed by atoms with van der Waals surface area (Å²) in [5.41, 5.74) is 0.0821. The minimum atomic E-state index is -4.55. The van der Waals surface area contributed by atoms with E-state index in [0.29, 0.717) is 0 Å². The minimum Gasteiger partial charge on any atom is -0.334 e. The number of halogens is 5. The predicted molar refractivity (Wildman–Crippen MR) is 48.8 cm³/mol. The number of benzene rings is 1. The van der Waals surface area contributed by atoms with Crippen molar-refractivity contribution in [2.45, 2.75) is 6.18 Å². The molecule has 15 heavy (non-hydrogen) atoms. The van der Waals surface area contributed by atoms with Gasteiger partial charge in [0, 0.05) is 6.07 Å². The molecule has 0 unspecified atom stereocenters. The summed E-state index contributed by atoms with van der Waals surface area (Å²) < 4.78 is 49.7. The molecular formula is C8H3BrF4N2. The number of nitrogens with one attached hydrogen (secondary N) is 1. The van der Waals surface area contributed by atoms with Gasteiger partial charge in [0.05, 0.1) is 15.5 Å². The van der Waals surface area contributed by atoms with E-state index in [4.69, 9.17) is 0 Å². The van der Waals surface area contributed by atoms with Crippen molar-refractivity contribution in [1.82, 2.24) is 9.97 Å². The second kappa shape index (κ2) is 3.19. The normalized spacial score (nSPS) is 12.3. The van der Waals surface area contributed by atoms with Crippen LogP contribution in [0.2, 0.25) is 0 Å². The second-order valence-electron chi connectivity index (χ2n) is 2.87. The fraction of sp³-hybridized carbons (Fsp3) is 0.125. The van der Waals surface area contributed by atoms with Gasteiger partial charge in [-0.05, 0) is 22.0 Å². The van der Waals surface area contributed by atoms with Crippen LogP contribution in [0.3, 0.4) is 0 Å². The molecule has 0 atom stereocenters. The van der Waals surface area contributed by atoms with Gasteiger partial charge in [0.15, 0.2) is 0 Å². The van der Waals surface area contributed by atoms with Crippen LogP contribution in [0.25, 0.3) is 11.0 Å². The van der Waals surface area contributed by atoms with E-state index >= 15 is 0 Å². The number of alkyl halides is 3. The van der Waals surface area contributed by atoms with Crippen molar-refractivity contribution in [3.8, 4) is 0 Å². The summed E-state index contributed by atoms with van der Waals surface area (Å²) >= 11 is 2.87. The number of aromatic nitrogens is 2. The Morgan fingerprint density at radius 2 is 1.93 bits per heavy atom. The standard InChI is InChI=1S/C8H3BrF4N2/c9-3-1-5-6(2-4(3)10)15-7(14-5)8(11,12)13/h1-2H,(H,14,15). The lowest BCUT2D eigenvalue weighted by molar-refractivity contribution is -0.144. The summed E-state index contributed by atoms with van der Waals surface area (Å²) in [6.07, 6.45) is -4.55.